The lowest BCUT2D eigenvalue weighted by atomic mass is 9.71. The number of benzene rings is 1. The standard InChI is InChI=1S/C19H29N/c1-4-15(13-14-9-10-14)20-18-11-12-19(2,3)17-8-6-5-7-16(17)18/h5-8,14-15,18,20H,4,9-13H2,1-3H3. The summed E-state index contributed by atoms with van der Waals surface area (Å²) in [7, 11) is 0. The molecule has 2 atom stereocenters. The minimum Gasteiger partial charge on any atom is -0.307 e. The highest BCUT2D eigenvalue weighted by Crippen LogP contribution is 2.42. The number of nitrogens with one attached hydrogen (secondary N) is 1. The maximum absolute atomic E-state index is 3.97. The van der Waals surface area contributed by atoms with Crippen LogP contribution in [0.25, 0.3) is 0 Å². The van der Waals surface area contributed by atoms with Gasteiger partial charge in [0.25, 0.3) is 0 Å². The van der Waals surface area contributed by atoms with Gasteiger partial charge in [-0.3, -0.25) is 0 Å². The Hall–Kier alpha value is -0.820. The predicted octanol–water partition coefficient (Wildman–Crippen LogP) is 4.97. The molecule has 20 heavy (non-hydrogen) atoms. The van der Waals surface area contributed by atoms with Crippen molar-refractivity contribution in [2.24, 2.45) is 5.92 Å². The molecule has 2 unspecified atom stereocenters. The summed E-state index contributed by atoms with van der Waals surface area (Å²) in [6, 6.07) is 10.4. The molecule has 1 aromatic carbocycles. The Bertz CT molecular complexity index is 459. The van der Waals surface area contributed by atoms with E-state index in [0.29, 0.717) is 17.5 Å². The average Bonchev–Trinajstić information content (AvgIpc) is 3.25. The van der Waals surface area contributed by atoms with Gasteiger partial charge >= 0.3 is 0 Å². The van der Waals surface area contributed by atoms with Crippen molar-refractivity contribution in [3.8, 4) is 0 Å². The maximum Gasteiger partial charge on any atom is 0.0325 e. The Morgan fingerprint density at radius 3 is 2.65 bits per heavy atom. The fraction of sp³-hybridized carbons (Fsp3) is 0.684. The topological polar surface area (TPSA) is 12.0 Å². The Labute approximate surface area is 124 Å². The van der Waals surface area contributed by atoms with Crippen LogP contribution in [0.15, 0.2) is 24.3 Å². The van der Waals surface area contributed by atoms with Crippen LogP contribution in [-0.2, 0) is 5.41 Å². The Morgan fingerprint density at radius 2 is 1.95 bits per heavy atom. The van der Waals surface area contributed by atoms with Crippen molar-refractivity contribution in [1.29, 1.82) is 0 Å². The number of hydrogen-bond acceptors (Lipinski definition) is 1. The summed E-state index contributed by atoms with van der Waals surface area (Å²) in [5.41, 5.74) is 3.45. The van der Waals surface area contributed by atoms with E-state index >= 15 is 0 Å². The molecule has 1 saturated carbocycles. The summed E-state index contributed by atoms with van der Waals surface area (Å²) in [5, 5.41) is 3.97. The second-order valence-electron chi connectivity index (χ2n) is 7.51. The molecule has 1 fully saturated rings. The summed E-state index contributed by atoms with van der Waals surface area (Å²) < 4.78 is 0. The molecule has 1 nitrogen and oxygen atoms in total. The van der Waals surface area contributed by atoms with Gasteiger partial charge in [0.1, 0.15) is 0 Å². The van der Waals surface area contributed by atoms with E-state index in [0.717, 1.165) is 5.92 Å². The van der Waals surface area contributed by atoms with Crippen molar-refractivity contribution in [2.75, 3.05) is 0 Å². The van der Waals surface area contributed by atoms with E-state index in [1.807, 2.05) is 0 Å². The van der Waals surface area contributed by atoms with E-state index in [1.165, 1.54) is 38.5 Å². The van der Waals surface area contributed by atoms with Gasteiger partial charge < -0.3 is 5.32 Å². The van der Waals surface area contributed by atoms with Crippen molar-refractivity contribution < 1.29 is 0 Å². The van der Waals surface area contributed by atoms with Crippen LogP contribution >= 0.6 is 0 Å². The second kappa shape index (κ2) is 5.52. The van der Waals surface area contributed by atoms with Gasteiger partial charge in [0, 0.05) is 12.1 Å². The first-order valence-electron chi connectivity index (χ1n) is 8.45. The van der Waals surface area contributed by atoms with Crippen LogP contribution < -0.4 is 5.32 Å². The van der Waals surface area contributed by atoms with Crippen LogP contribution in [-0.4, -0.2) is 6.04 Å². The molecule has 1 N–H and O–H groups in total. The lowest BCUT2D eigenvalue weighted by Crippen LogP contribution is -2.38. The molecule has 1 heteroatoms. The zero-order valence-electron chi connectivity index (χ0n) is 13.3. The second-order valence-corrected chi connectivity index (χ2v) is 7.51. The van der Waals surface area contributed by atoms with Gasteiger partial charge in [-0.1, -0.05) is 57.9 Å². The van der Waals surface area contributed by atoms with Crippen molar-refractivity contribution in [2.45, 2.75) is 76.8 Å². The Morgan fingerprint density at radius 1 is 1.20 bits per heavy atom. The summed E-state index contributed by atoms with van der Waals surface area (Å²) >= 11 is 0. The average molecular weight is 271 g/mol. The maximum atomic E-state index is 3.97. The van der Waals surface area contributed by atoms with Crippen LogP contribution in [0.4, 0.5) is 0 Å². The first kappa shape index (κ1) is 14.1. The van der Waals surface area contributed by atoms with Gasteiger partial charge in [0.15, 0.2) is 0 Å². The highest BCUT2D eigenvalue weighted by molar-refractivity contribution is 5.38. The van der Waals surface area contributed by atoms with Crippen LogP contribution in [0.1, 0.15) is 76.5 Å². The highest BCUT2D eigenvalue weighted by atomic mass is 15.0. The number of fused-ring (bicyclic) bond motifs is 1. The largest absolute Gasteiger partial charge is 0.307 e. The molecule has 0 radical (unpaired) electrons. The highest BCUT2D eigenvalue weighted by Gasteiger charge is 2.33. The lowest BCUT2D eigenvalue weighted by molar-refractivity contribution is 0.316. The molecular formula is C19H29N. The van der Waals surface area contributed by atoms with Gasteiger partial charge in [-0.15, -0.1) is 0 Å². The fourth-order valence-electron chi connectivity index (χ4n) is 3.78. The fourth-order valence-corrected chi connectivity index (χ4v) is 3.78. The molecule has 3 rings (SSSR count). The molecule has 0 bridgehead atoms. The van der Waals surface area contributed by atoms with Crippen molar-refractivity contribution >= 4 is 0 Å². The SMILES string of the molecule is CCC(CC1CC1)NC1CCC(C)(C)c2ccccc21. The van der Waals surface area contributed by atoms with Gasteiger partial charge in [0.2, 0.25) is 0 Å². The molecule has 0 saturated heterocycles. The van der Waals surface area contributed by atoms with Crippen LogP contribution in [0.5, 0.6) is 0 Å². The van der Waals surface area contributed by atoms with Gasteiger partial charge in [0.05, 0.1) is 0 Å². The normalized spacial score (nSPS) is 26.1. The third-order valence-electron chi connectivity index (χ3n) is 5.37. The quantitative estimate of drug-likeness (QED) is 0.797. The van der Waals surface area contributed by atoms with Crippen molar-refractivity contribution in [3.63, 3.8) is 0 Å². The molecule has 0 amide bonds. The van der Waals surface area contributed by atoms with E-state index in [1.54, 1.807) is 11.1 Å². The molecule has 110 valence electrons. The monoisotopic (exact) mass is 271 g/mol. The molecule has 0 aliphatic heterocycles. The summed E-state index contributed by atoms with van der Waals surface area (Å²) in [6.07, 6.45) is 8.16. The number of hydrogen-bond donors (Lipinski definition) is 1. The molecule has 1 aromatic rings. The minimum atomic E-state index is 0.340. The van der Waals surface area contributed by atoms with Gasteiger partial charge in [-0.2, -0.15) is 0 Å². The molecule has 2 aliphatic carbocycles. The van der Waals surface area contributed by atoms with Crippen LogP contribution in [0, 0.1) is 5.92 Å². The van der Waals surface area contributed by atoms with E-state index in [4.69, 9.17) is 0 Å². The Balaban J connectivity index is 1.76. The molecule has 0 heterocycles. The summed E-state index contributed by atoms with van der Waals surface area (Å²) in [6.45, 7) is 7.12. The van der Waals surface area contributed by atoms with E-state index in [2.05, 4.69) is 50.4 Å². The third-order valence-corrected chi connectivity index (χ3v) is 5.37. The van der Waals surface area contributed by atoms with Crippen LogP contribution in [0.3, 0.4) is 0 Å². The first-order chi connectivity index (χ1) is 9.60. The van der Waals surface area contributed by atoms with E-state index in [9.17, 15) is 0 Å². The summed E-state index contributed by atoms with van der Waals surface area (Å²) in [5.74, 6) is 1.02. The molecule has 0 spiro atoms. The third kappa shape index (κ3) is 2.93. The molecule has 0 aromatic heterocycles. The van der Waals surface area contributed by atoms with Crippen LogP contribution in [0.2, 0.25) is 0 Å². The zero-order chi connectivity index (χ0) is 14.2. The Kier molecular flexibility index (Phi) is 3.90. The smallest absolute Gasteiger partial charge is 0.0325 e. The number of rotatable bonds is 5. The zero-order valence-corrected chi connectivity index (χ0v) is 13.3. The summed E-state index contributed by atoms with van der Waals surface area (Å²) in [4.78, 5) is 0. The predicted molar refractivity (Wildman–Crippen MR) is 86.0 cm³/mol. The lowest BCUT2D eigenvalue weighted by Gasteiger charge is -2.39. The van der Waals surface area contributed by atoms with Crippen molar-refractivity contribution in [3.05, 3.63) is 35.4 Å². The van der Waals surface area contributed by atoms with Gasteiger partial charge in [-0.05, 0) is 48.1 Å². The molecular weight excluding hydrogens is 242 g/mol. The van der Waals surface area contributed by atoms with E-state index < -0.39 is 0 Å². The van der Waals surface area contributed by atoms with Crippen molar-refractivity contribution in [1.82, 2.24) is 5.32 Å². The molecule has 2 aliphatic rings. The van der Waals surface area contributed by atoms with E-state index in [-0.39, 0.29) is 0 Å². The first-order valence-corrected chi connectivity index (χ1v) is 8.45. The minimum absolute atomic E-state index is 0.340. The van der Waals surface area contributed by atoms with Gasteiger partial charge in [-0.25, -0.2) is 0 Å².